The summed E-state index contributed by atoms with van der Waals surface area (Å²) in [6.07, 6.45) is 16.6. The van der Waals surface area contributed by atoms with E-state index in [-0.39, 0.29) is 0 Å². The predicted molar refractivity (Wildman–Crippen MR) is 242 cm³/mol. The molecule has 11 rings (SSSR count). The van der Waals surface area contributed by atoms with Crippen LogP contribution in [0.1, 0.15) is 40.7 Å². The molecule has 0 aliphatic heterocycles. The summed E-state index contributed by atoms with van der Waals surface area (Å²) in [6.45, 7) is 0. The van der Waals surface area contributed by atoms with Crippen molar-refractivity contribution in [1.29, 1.82) is 0 Å². The van der Waals surface area contributed by atoms with E-state index < -0.39 is 5.41 Å². The zero-order valence-corrected chi connectivity index (χ0v) is 32.4. The molecule has 0 fully saturated rings. The van der Waals surface area contributed by atoms with Gasteiger partial charge in [-0.1, -0.05) is 176 Å². The SMILES string of the molecule is C1=CC(c2ccccc2)=CC(C2C=C(N(c3ccc4c(c3)C(c3ccccc3)(c3ccccc3)c3ccccc3-4)c3ccc4c(c3)sc3ccccc34)C=CC2)C1. The highest BCUT2D eigenvalue weighted by Crippen LogP contribution is 2.57. The van der Waals surface area contributed by atoms with Gasteiger partial charge in [-0.05, 0) is 106 Å². The Labute approximate surface area is 338 Å². The van der Waals surface area contributed by atoms with E-state index in [4.69, 9.17) is 0 Å². The topological polar surface area (TPSA) is 3.24 Å². The Kier molecular flexibility index (Phi) is 8.26. The molecule has 0 amide bonds. The van der Waals surface area contributed by atoms with Gasteiger partial charge in [0.1, 0.15) is 0 Å². The molecule has 2 unspecified atom stereocenters. The molecule has 7 aromatic carbocycles. The second-order valence-electron chi connectivity index (χ2n) is 15.6. The van der Waals surface area contributed by atoms with Crippen molar-refractivity contribution in [2.24, 2.45) is 11.8 Å². The van der Waals surface area contributed by atoms with Crippen LogP contribution < -0.4 is 4.90 Å². The van der Waals surface area contributed by atoms with E-state index in [1.807, 2.05) is 11.3 Å². The summed E-state index contributed by atoms with van der Waals surface area (Å²) in [5.74, 6) is 0.783. The first-order valence-corrected chi connectivity index (χ1v) is 21.0. The van der Waals surface area contributed by atoms with Gasteiger partial charge < -0.3 is 4.90 Å². The molecule has 0 bridgehead atoms. The van der Waals surface area contributed by atoms with E-state index in [1.165, 1.54) is 81.8 Å². The Morgan fingerprint density at radius 1 is 0.474 bits per heavy atom. The van der Waals surface area contributed by atoms with Crippen LogP contribution in [0.2, 0.25) is 0 Å². The van der Waals surface area contributed by atoms with Crippen LogP contribution in [0.25, 0.3) is 36.9 Å². The highest BCUT2D eigenvalue weighted by Gasteiger charge is 2.46. The predicted octanol–water partition coefficient (Wildman–Crippen LogP) is 14.7. The van der Waals surface area contributed by atoms with Gasteiger partial charge in [-0.25, -0.2) is 0 Å². The Bertz CT molecular complexity index is 2870. The Morgan fingerprint density at radius 2 is 1.07 bits per heavy atom. The van der Waals surface area contributed by atoms with Crippen LogP contribution in [-0.2, 0) is 5.41 Å². The van der Waals surface area contributed by atoms with Gasteiger partial charge in [0.05, 0.1) is 5.41 Å². The molecule has 8 aromatic rings. The van der Waals surface area contributed by atoms with Crippen LogP contribution in [0.15, 0.2) is 218 Å². The number of hydrogen-bond acceptors (Lipinski definition) is 2. The fraction of sp³-hybridized carbons (Fsp3) is 0.0909. The largest absolute Gasteiger partial charge is 0.311 e. The van der Waals surface area contributed by atoms with Gasteiger partial charge in [-0.3, -0.25) is 0 Å². The molecule has 0 radical (unpaired) electrons. The van der Waals surface area contributed by atoms with Crippen molar-refractivity contribution in [3.63, 3.8) is 0 Å². The Balaban J connectivity index is 1.11. The molecule has 272 valence electrons. The van der Waals surface area contributed by atoms with Crippen LogP contribution in [0, 0.1) is 11.8 Å². The van der Waals surface area contributed by atoms with Gasteiger partial charge in [0, 0.05) is 37.2 Å². The first-order chi connectivity index (χ1) is 28.3. The normalized spacial score (nSPS) is 17.9. The molecular weight excluding hydrogens is 707 g/mol. The van der Waals surface area contributed by atoms with E-state index >= 15 is 0 Å². The third-order valence-electron chi connectivity index (χ3n) is 12.4. The second-order valence-corrected chi connectivity index (χ2v) is 16.6. The lowest BCUT2D eigenvalue weighted by Crippen LogP contribution is -2.29. The minimum Gasteiger partial charge on any atom is -0.311 e. The van der Waals surface area contributed by atoms with Crippen molar-refractivity contribution in [1.82, 2.24) is 0 Å². The van der Waals surface area contributed by atoms with Gasteiger partial charge in [-0.2, -0.15) is 0 Å². The summed E-state index contributed by atoms with van der Waals surface area (Å²) in [4.78, 5) is 2.52. The molecule has 0 spiro atoms. The zero-order chi connectivity index (χ0) is 37.8. The number of benzene rings is 7. The van der Waals surface area contributed by atoms with Crippen LogP contribution in [-0.4, -0.2) is 0 Å². The monoisotopic (exact) mass is 747 g/mol. The summed E-state index contributed by atoms with van der Waals surface area (Å²) in [7, 11) is 0. The average molecular weight is 748 g/mol. The van der Waals surface area contributed by atoms with Gasteiger partial charge in [-0.15, -0.1) is 11.3 Å². The Hall–Kier alpha value is -6.48. The number of nitrogens with zero attached hydrogens (tertiary/aromatic N) is 1. The van der Waals surface area contributed by atoms with Crippen molar-refractivity contribution in [3.05, 3.63) is 246 Å². The van der Waals surface area contributed by atoms with Gasteiger partial charge >= 0.3 is 0 Å². The molecule has 3 aliphatic rings. The minimum absolute atomic E-state index is 0.371. The van der Waals surface area contributed by atoms with E-state index in [0.29, 0.717) is 11.8 Å². The summed E-state index contributed by atoms with van der Waals surface area (Å²) in [5, 5.41) is 2.64. The maximum Gasteiger partial charge on any atom is 0.0714 e. The Morgan fingerprint density at radius 3 is 1.86 bits per heavy atom. The maximum atomic E-state index is 2.56. The van der Waals surface area contributed by atoms with Gasteiger partial charge in [0.15, 0.2) is 0 Å². The van der Waals surface area contributed by atoms with Crippen molar-refractivity contribution in [2.45, 2.75) is 18.3 Å². The number of fused-ring (bicyclic) bond motifs is 6. The minimum atomic E-state index is -0.474. The summed E-state index contributed by atoms with van der Waals surface area (Å²) < 4.78 is 2.63. The third kappa shape index (κ3) is 5.58. The molecule has 1 nitrogen and oxygen atoms in total. The van der Waals surface area contributed by atoms with Gasteiger partial charge in [0.25, 0.3) is 0 Å². The second kappa shape index (κ2) is 13.9. The molecular formula is C55H41NS. The van der Waals surface area contributed by atoms with Crippen molar-refractivity contribution in [2.75, 3.05) is 4.90 Å². The van der Waals surface area contributed by atoms with Crippen molar-refractivity contribution in [3.8, 4) is 11.1 Å². The standard InChI is InChI=1S/C55H41NS/c1-4-16-38(17-5-1)39-18-14-19-40(34-39)41-20-15-25-44(35-41)56(46-31-33-50-49-27-11-13-29-53(49)57-54(50)37-46)45-30-32-48-47-26-10-12-28-51(47)55(52(48)36-45,42-21-6-2-7-22-42)43-23-8-3-9-24-43/h1-18,21-37,40-41H,19-20H2. The fourth-order valence-corrected chi connectivity index (χ4v) is 11.0. The highest BCUT2D eigenvalue weighted by molar-refractivity contribution is 7.25. The lowest BCUT2D eigenvalue weighted by Gasteiger charge is -2.35. The summed E-state index contributed by atoms with van der Waals surface area (Å²) in [6, 6.07) is 65.2. The van der Waals surface area contributed by atoms with Crippen molar-refractivity contribution < 1.29 is 0 Å². The van der Waals surface area contributed by atoms with E-state index in [2.05, 4.69) is 217 Å². The third-order valence-corrected chi connectivity index (χ3v) is 13.6. The number of allylic oxidation sites excluding steroid dienone is 7. The van der Waals surface area contributed by atoms with E-state index in [9.17, 15) is 0 Å². The molecule has 0 saturated heterocycles. The smallest absolute Gasteiger partial charge is 0.0714 e. The molecule has 2 heteroatoms. The first-order valence-electron chi connectivity index (χ1n) is 20.1. The van der Waals surface area contributed by atoms with Gasteiger partial charge in [0.2, 0.25) is 0 Å². The fourth-order valence-electron chi connectivity index (χ4n) is 9.84. The maximum absolute atomic E-state index is 2.56. The highest BCUT2D eigenvalue weighted by atomic mass is 32.1. The number of anilines is 2. The lowest BCUT2D eigenvalue weighted by atomic mass is 9.67. The first kappa shape index (κ1) is 33.8. The molecule has 1 aromatic heterocycles. The van der Waals surface area contributed by atoms with E-state index in [0.717, 1.165) is 12.8 Å². The van der Waals surface area contributed by atoms with Crippen LogP contribution >= 0.6 is 11.3 Å². The lowest BCUT2D eigenvalue weighted by molar-refractivity contribution is 0.476. The van der Waals surface area contributed by atoms with E-state index in [1.54, 1.807) is 0 Å². The number of hydrogen-bond donors (Lipinski definition) is 0. The number of thiophene rings is 1. The quantitative estimate of drug-likeness (QED) is 0.157. The average Bonchev–Trinajstić information content (AvgIpc) is 3.81. The summed E-state index contributed by atoms with van der Waals surface area (Å²) >= 11 is 1.88. The van der Waals surface area contributed by atoms with Crippen LogP contribution in [0.5, 0.6) is 0 Å². The molecule has 2 atom stereocenters. The van der Waals surface area contributed by atoms with Crippen LogP contribution in [0.3, 0.4) is 0 Å². The zero-order valence-electron chi connectivity index (χ0n) is 31.6. The molecule has 57 heavy (non-hydrogen) atoms. The summed E-state index contributed by atoms with van der Waals surface area (Å²) in [5.41, 5.74) is 13.5. The van der Waals surface area contributed by atoms with Crippen molar-refractivity contribution >= 4 is 48.5 Å². The molecule has 0 N–H and O–H groups in total. The molecule has 0 saturated carbocycles. The molecule has 3 aliphatic carbocycles. The molecule has 1 heterocycles. The van der Waals surface area contributed by atoms with Crippen LogP contribution in [0.4, 0.5) is 11.4 Å². The number of rotatable bonds is 7.